The Morgan fingerprint density at radius 2 is 2.05 bits per heavy atom. The van der Waals surface area contributed by atoms with Crippen molar-refractivity contribution < 1.29 is 13.5 Å². The number of β-amino-alcohol motifs (C(OH)–C–C–N with tert-alkyl or cyclic N) is 1. The quantitative estimate of drug-likeness (QED) is 0.872. The van der Waals surface area contributed by atoms with Crippen LogP contribution in [0.1, 0.15) is 17.9 Å². The van der Waals surface area contributed by atoms with E-state index in [1.807, 2.05) is 17.5 Å². The van der Waals surface area contributed by atoms with E-state index >= 15 is 0 Å². The van der Waals surface area contributed by atoms with Gasteiger partial charge in [-0.05, 0) is 18.4 Å². The highest BCUT2D eigenvalue weighted by Gasteiger charge is 2.26. The summed E-state index contributed by atoms with van der Waals surface area (Å²) < 4.78 is 25.0. The molecule has 0 bridgehead atoms. The molecule has 1 fully saturated rings. The van der Waals surface area contributed by atoms with Crippen LogP contribution >= 0.6 is 11.3 Å². The molecular weight excluding hydrogens is 284 g/mol. The molecule has 108 valence electrons. The lowest BCUT2D eigenvalue weighted by atomic mass is 10.2. The first kappa shape index (κ1) is 14.9. The number of aliphatic hydroxyl groups excluding tert-OH is 1. The molecule has 1 aliphatic heterocycles. The summed E-state index contributed by atoms with van der Waals surface area (Å²) in [4.78, 5) is 3.08. The van der Waals surface area contributed by atoms with Crippen molar-refractivity contribution in [2.45, 2.75) is 13.0 Å². The Hall–Kier alpha value is -0.470. The molecule has 1 aliphatic rings. The lowest BCUT2D eigenvalue weighted by Gasteiger charge is -2.34. The molecule has 0 radical (unpaired) electrons. The Balaban J connectivity index is 1.84. The Morgan fingerprint density at radius 3 is 2.58 bits per heavy atom. The second kappa shape index (κ2) is 6.32. The van der Waals surface area contributed by atoms with Gasteiger partial charge in [-0.25, -0.2) is 8.42 Å². The van der Waals surface area contributed by atoms with Gasteiger partial charge in [0.05, 0.1) is 5.75 Å². The summed E-state index contributed by atoms with van der Waals surface area (Å²) in [6.45, 7) is 4.65. The predicted molar refractivity (Wildman–Crippen MR) is 76.8 cm³/mol. The van der Waals surface area contributed by atoms with E-state index < -0.39 is 16.1 Å². The van der Waals surface area contributed by atoms with Crippen LogP contribution in [0, 0.1) is 0 Å². The Labute approximate surface area is 118 Å². The topological polar surface area (TPSA) is 60.9 Å². The minimum atomic E-state index is -3.07. The molecule has 1 N–H and O–H groups in total. The number of sulfonamides is 1. The van der Waals surface area contributed by atoms with Gasteiger partial charge in [0.2, 0.25) is 10.0 Å². The average molecular weight is 304 g/mol. The summed E-state index contributed by atoms with van der Waals surface area (Å²) >= 11 is 1.55. The van der Waals surface area contributed by atoms with Crippen LogP contribution in [0.2, 0.25) is 0 Å². The van der Waals surface area contributed by atoms with Crippen molar-refractivity contribution in [3.8, 4) is 0 Å². The zero-order chi connectivity index (χ0) is 13.9. The second-order valence-corrected chi connectivity index (χ2v) is 7.87. The van der Waals surface area contributed by atoms with Gasteiger partial charge < -0.3 is 5.11 Å². The number of aliphatic hydroxyl groups is 1. The largest absolute Gasteiger partial charge is 0.386 e. The highest BCUT2D eigenvalue weighted by atomic mass is 32.2. The molecule has 2 rings (SSSR count). The lowest BCUT2D eigenvalue weighted by Crippen LogP contribution is -2.49. The van der Waals surface area contributed by atoms with Crippen molar-refractivity contribution in [1.29, 1.82) is 0 Å². The van der Waals surface area contributed by atoms with E-state index in [1.165, 1.54) is 0 Å². The Bertz CT molecular complexity index is 479. The minimum Gasteiger partial charge on any atom is -0.386 e. The predicted octanol–water partition coefficient (Wildman–Crippen LogP) is 0.749. The maximum absolute atomic E-state index is 11.7. The van der Waals surface area contributed by atoms with Gasteiger partial charge in [-0.3, -0.25) is 4.90 Å². The van der Waals surface area contributed by atoms with Crippen LogP contribution in [0.3, 0.4) is 0 Å². The third-order valence-corrected chi connectivity index (χ3v) is 6.25. The molecule has 19 heavy (non-hydrogen) atoms. The molecule has 1 aromatic rings. The van der Waals surface area contributed by atoms with Gasteiger partial charge in [0, 0.05) is 37.6 Å². The molecule has 0 spiro atoms. The van der Waals surface area contributed by atoms with Crippen LogP contribution in [0.25, 0.3) is 0 Å². The highest BCUT2D eigenvalue weighted by molar-refractivity contribution is 7.89. The number of piperazine rings is 1. The summed E-state index contributed by atoms with van der Waals surface area (Å²) in [6.07, 6.45) is -0.477. The molecule has 1 saturated heterocycles. The Morgan fingerprint density at radius 1 is 1.37 bits per heavy atom. The molecule has 1 aromatic heterocycles. The van der Waals surface area contributed by atoms with Gasteiger partial charge in [-0.2, -0.15) is 4.31 Å². The van der Waals surface area contributed by atoms with E-state index in [1.54, 1.807) is 22.6 Å². The van der Waals surface area contributed by atoms with Crippen LogP contribution in [0.5, 0.6) is 0 Å². The molecule has 0 saturated carbocycles. The standard InChI is InChI=1S/C12H20N2O3S2/c1-2-19(16,17)14-7-5-13(6-8-14)10-11(15)12-4-3-9-18-12/h3-4,9,11,15H,2,5-8,10H2,1H3/t11-/m1/s1. The number of thiophene rings is 1. The monoisotopic (exact) mass is 304 g/mol. The molecule has 0 unspecified atom stereocenters. The number of hydrogen-bond acceptors (Lipinski definition) is 5. The number of nitrogens with zero attached hydrogens (tertiary/aromatic N) is 2. The highest BCUT2D eigenvalue weighted by Crippen LogP contribution is 2.20. The van der Waals surface area contributed by atoms with Crippen molar-refractivity contribution in [3.05, 3.63) is 22.4 Å². The lowest BCUT2D eigenvalue weighted by molar-refractivity contribution is 0.0943. The molecule has 1 atom stereocenters. The molecule has 5 nitrogen and oxygen atoms in total. The normalized spacial score (nSPS) is 20.5. The summed E-state index contributed by atoms with van der Waals surface area (Å²) in [5.41, 5.74) is 0. The molecule has 7 heteroatoms. The SMILES string of the molecule is CCS(=O)(=O)N1CCN(C[C@@H](O)c2cccs2)CC1. The van der Waals surface area contributed by atoms with Gasteiger partial charge in [-0.1, -0.05) is 6.07 Å². The fraction of sp³-hybridized carbons (Fsp3) is 0.667. The summed E-state index contributed by atoms with van der Waals surface area (Å²) in [5, 5.41) is 12.0. The fourth-order valence-corrected chi connectivity index (χ4v) is 3.98. The minimum absolute atomic E-state index is 0.158. The first-order valence-electron chi connectivity index (χ1n) is 6.44. The van der Waals surface area contributed by atoms with Crippen molar-refractivity contribution in [2.24, 2.45) is 0 Å². The molecule has 0 aromatic carbocycles. The zero-order valence-electron chi connectivity index (χ0n) is 11.0. The molecule has 0 aliphatic carbocycles. The second-order valence-electron chi connectivity index (χ2n) is 4.63. The van der Waals surface area contributed by atoms with Crippen LogP contribution in [0.4, 0.5) is 0 Å². The van der Waals surface area contributed by atoms with E-state index in [-0.39, 0.29) is 5.75 Å². The third-order valence-electron chi connectivity index (χ3n) is 3.39. The van der Waals surface area contributed by atoms with Crippen LogP contribution < -0.4 is 0 Å². The van der Waals surface area contributed by atoms with Crippen LogP contribution in [-0.4, -0.2) is 61.2 Å². The van der Waals surface area contributed by atoms with Crippen LogP contribution in [-0.2, 0) is 10.0 Å². The molecule has 2 heterocycles. The molecular formula is C12H20N2O3S2. The number of hydrogen-bond donors (Lipinski definition) is 1. The van der Waals surface area contributed by atoms with Gasteiger partial charge >= 0.3 is 0 Å². The maximum atomic E-state index is 11.7. The van der Waals surface area contributed by atoms with Crippen LogP contribution in [0.15, 0.2) is 17.5 Å². The van der Waals surface area contributed by atoms with E-state index in [2.05, 4.69) is 4.90 Å². The summed E-state index contributed by atoms with van der Waals surface area (Å²) in [6, 6.07) is 3.85. The van der Waals surface area contributed by atoms with Gasteiger partial charge in [-0.15, -0.1) is 11.3 Å². The summed E-state index contributed by atoms with van der Waals surface area (Å²) in [5.74, 6) is 0.158. The zero-order valence-corrected chi connectivity index (χ0v) is 12.7. The average Bonchev–Trinajstić information content (AvgIpc) is 2.93. The number of rotatable bonds is 5. The summed E-state index contributed by atoms with van der Waals surface area (Å²) in [7, 11) is -3.07. The van der Waals surface area contributed by atoms with Crippen molar-refractivity contribution in [3.63, 3.8) is 0 Å². The van der Waals surface area contributed by atoms with Gasteiger partial charge in [0.25, 0.3) is 0 Å². The maximum Gasteiger partial charge on any atom is 0.213 e. The first-order valence-corrected chi connectivity index (χ1v) is 8.93. The van der Waals surface area contributed by atoms with Crippen molar-refractivity contribution >= 4 is 21.4 Å². The third kappa shape index (κ3) is 3.76. The fourth-order valence-electron chi connectivity index (χ4n) is 2.19. The first-order chi connectivity index (χ1) is 9.03. The van der Waals surface area contributed by atoms with E-state index in [0.29, 0.717) is 32.7 Å². The smallest absolute Gasteiger partial charge is 0.213 e. The van der Waals surface area contributed by atoms with E-state index in [4.69, 9.17) is 0 Å². The van der Waals surface area contributed by atoms with E-state index in [0.717, 1.165) is 4.88 Å². The van der Waals surface area contributed by atoms with Crippen molar-refractivity contribution in [1.82, 2.24) is 9.21 Å². The van der Waals surface area contributed by atoms with Gasteiger partial charge in [0.15, 0.2) is 0 Å². The van der Waals surface area contributed by atoms with Crippen molar-refractivity contribution in [2.75, 3.05) is 38.5 Å². The Kier molecular flexibility index (Phi) is 4.97. The van der Waals surface area contributed by atoms with Gasteiger partial charge in [0.1, 0.15) is 6.10 Å². The molecule has 0 amide bonds. The van der Waals surface area contributed by atoms with E-state index in [9.17, 15) is 13.5 Å².